The molecule has 1 saturated heterocycles. The molecule has 1 aliphatic rings. The van der Waals surface area contributed by atoms with Crippen LogP contribution in [0.25, 0.3) is 0 Å². The third-order valence-electron chi connectivity index (χ3n) is 4.29. The van der Waals surface area contributed by atoms with E-state index in [0.717, 1.165) is 31.5 Å². The first kappa shape index (κ1) is 19.8. The molecule has 0 radical (unpaired) electrons. The summed E-state index contributed by atoms with van der Waals surface area (Å²) in [5.74, 6) is -0.290. The fraction of sp³-hybridized carbons (Fsp3) is 0.588. The van der Waals surface area contributed by atoms with Gasteiger partial charge >= 0.3 is 0 Å². The number of nitrogens with zero attached hydrogens (tertiary/aromatic N) is 2. The molecule has 140 valence electrons. The summed E-state index contributed by atoms with van der Waals surface area (Å²) in [5, 5.41) is 2.81. The number of carbonyl (C=O) groups is 1. The smallest absolute Gasteiger partial charge is 0.235 e. The van der Waals surface area contributed by atoms with Crippen molar-refractivity contribution >= 4 is 15.9 Å². The van der Waals surface area contributed by atoms with Crippen LogP contribution in [0.15, 0.2) is 30.3 Å². The maximum Gasteiger partial charge on any atom is 0.235 e. The second-order valence-corrected chi connectivity index (χ2v) is 8.13. The number of hydrogen-bond acceptors (Lipinski definition) is 5. The zero-order valence-corrected chi connectivity index (χ0v) is 15.7. The summed E-state index contributed by atoms with van der Waals surface area (Å²) < 4.78 is 30.8. The molecule has 7 nitrogen and oxygen atoms in total. The van der Waals surface area contributed by atoms with Gasteiger partial charge in [-0.05, 0) is 12.5 Å². The second kappa shape index (κ2) is 9.28. The first-order valence-electron chi connectivity index (χ1n) is 8.46. The molecule has 0 bridgehead atoms. The van der Waals surface area contributed by atoms with Crippen molar-refractivity contribution in [3.8, 4) is 0 Å². The van der Waals surface area contributed by atoms with E-state index in [1.54, 1.807) is 6.92 Å². The molecule has 1 aromatic rings. The van der Waals surface area contributed by atoms with Crippen molar-refractivity contribution in [2.45, 2.75) is 13.0 Å². The minimum Gasteiger partial charge on any atom is -0.379 e. The minimum atomic E-state index is -3.51. The number of morpholine rings is 1. The van der Waals surface area contributed by atoms with E-state index in [1.807, 2.05) is 30.3 Å². The summed E-state index contributed by atoms with van der Waals surface area (Å²) in [4.78, 5) is 14.4. The average Bonchev–Trinajstić information content (AvgIpc) is 2.60. The summed E-state index contributed by atoms with van der Waals surface area (Å²) in [5.41, 5.74) is 0.856. The Hall–Kier alpha value is -1.48. The topological polar surface area (TPSA) is 79.0 Å². The van der Waals surface area contributed by atoms with Crippen LogP contribution in [-0.4, -0.2) is 75.7 Å². The zero-order chi connectivity index (χ0) is 18.3. The van der Waals surface area contributed by atoms with Gasteiger partial charge < -0.3 is 10.1 Å². The van der Waals surface area contributed by atoms with E-state index in [4.69, 9.17) is 4.74 Å². The molecule has 1 aliphatic heterocycles. The Morgan fingerprint density at radius 2 is 1.92 bits per heavy atom. The standard InChI is InChI=1S/C17H27N3O4S/c1-15(16-6-4-3-5-7-16)20(25(2,22)23)14-17(21)18-8-9-19-10-12-24-13-11-19/h3-7,15H,8-14H2,1-2H3,(H,18,21). The highest BCUT2D eigenvalue weighted by atomic mass is 32.2. The Bertz CT molecular complexity index is 645. The average molecular weight is 369 g/mol. The van der Waals surface area contributed by atoms with Gasteiger partial charge in [0.1, 0.15) is 0 Å². The summed E-state index contributed by atoms with van der Waals surface area (Å²) in [6, 6.07) is 8.90. The fourth-order valence-corrected chi connectivity index (χ4v) is 3.86. The van der Waals surface area contributed by atoms with E-state index in [0.29, 0.717) is 19.8 Å². The van der Waals surface area contributed by atoms with E-state index in [9.17, 15) is 13.2 Å². The maximum atomic E-state index is 12.2. The van der Waals surface area contributed by atoms with Crippen molar-refractivity contribution in [1.29, 1.82) is 0 Å². The lowest BCUT2D eigenvalue weighted by molar-refractivity contribution is -0.121. The highest BCUT2D eigenvalue weighted by Crippen LogP contribution is 2.22. The number of hydrogen-bond donors (Lipinski definition) is 1. The van der Waals surface area contributed by atoms with Crippen LogP contribution in [0.2, 0.25) is 0 Å². The molecule has 1 heterocycles. The van der Waals surface area contributed by atoms with Gasteiger partial charge in [0, 0.05) is 32.2 Å². The molecule has 1 N–H and O–H groups in total. The van der Waals surface area contributed by atoms with Gasteiger partial charge in [0.2, 0.25) is 15.9 Å². The molecule has 1 fully saturated rings. The van der Waals surface area contributed by atoms with Gasteiger partial charge in [-0.15, -0.1) is 0 Å². The molecule has 25 heavy (non-hydrogen) atoms. The quantitative estimate of drug-likeness (QED) is 0.720. The SMILES string of the molecule is CC(c1ccccc1)N(CC(=O)NCCN1CCOCC1)S(C)(=O)=O. The molecule has 1 aromatic carbocycles. The first-order valence-corrected chi connectivity index (χ1v) is 10.3. The van der Waals surface area contributed by atoms with Gasteiger partial charge in [-0.25, -0.2) is 8.42 Å². The number of sulfonamides is 1. The van der Waals surface area contributed by atoms with Crippen molar-refractivity contribution in [3.63, 3.8) is 0 Å². The van der Waals surface area contributed by atoms with Crippen molar-refractivity contribution < 1.29 is 17.9 Å². The highest BCUT2D eigenvalue weighted by Gasteiger charge is 2.26. The summed E-state index contributed by atoms with van der Waals surface area (Å²) in [7, 11) is -3.51. The molecule has 1 atom stereocenters. The third-order valence-corrected chi connectivity index (χ3v) is 5.59. The van der Waals surface area contributed by atoms with E-state index >= 15 is 0 Å². The van der Waals surface area contributed by atoms with Crippen LogP contribution >= 0.6 is 0 Å². The van der Waals surface area contributed by atoms with Crippen LogP contribution in [0.4, 0.5) is 0 Å². The Labute approximate surface area is 150 Å². The lowest BCUT2D eigenvalue weighted by Gasteiger charge is -2.28. The molecule has 0 saturated carbocycles. The minimum absolute atomic E-state index is 0.183. The lowest BCUT2D eigenvalue weighted by Crippen LogP contribution is -2.45. The van der Waals surface area contributed by atoms with Crippen molar-refractivity contribution in [1.82, 2.24) is 14.5 Å². The van der Waals surface area contributed by atoms with Gasteiger partial charge in [-0.3, -0.25) is 9.69 Å². The Morgan fingerprint density at radius 1 is 1.28 bits per heavy atom. The summed E-state index contributed by atoms with van der Waals surface area (Å²) in [6.07, 6.45) is 1.13. The van der Waals surface area contributed by atoms with Crippen LogP contribution in [0, 0.1) is 0 Å². The molecule has 0 aliphatic carbocycles. The molecule has 8 heteroatoms. The molecule has 1 unspecified atom stereocenters. The monoisotopic (exact) mass is 369 g/mol. The van der Waals surface area contributed by atoms with Crippen molar-refractivity contribution in [2.75, 3.05) is 52.2 Å². The van der Waals surface area contributed by atoms with Gasteiger partial charge in [-0.2, -0.15) is 4.31 Å². The third kappa shape index (κ3) is 6.39. The molecule has 0 spiro atoms. The molecular formula is C17H27N3O4S. The fourth-order valence-electron chi connectivity index (χ4n) is 2.81. The number of rotatable bonds is 8. The summed E-state index contributed by atoms with van der Waals surface area (Å²) >= 11 is 0. The van der Waals surface area contributed by atoms with Gasteiger partial charge in [-0.1, -0.05) is 30.3 Å². The number of carbonyl (C=O) groups excluding carboxylic acids is 1. The number of amides is 1. The largest absolute Gasteiger partial charge is 0.379 e. The van der Waals surface area contributed by atoms with Crippen LogP contribution < -0.4 is 5.32 Å². The maximum absolute atomic E-state index is 12.2. The molecule has 0 aromatic heterocycles. The predicted octanol–water partition coefficient (Wildman–Crippen LogP) is 0.458. The van der Waals surface area contributed by atoms with Gasteiger partial charge in [0.05, 0.1) is 26.0 Å². The first-order chi connectivity index (χ1) is 11.9. The molecule has 2 rings (SSSR count). The lowest BCUT2D eigenvalue weighted by atomic mass is 10.1. The number of benzene rings is 1. The van der Waals surface area contributed by atoms with E-state index in [-0.39, 0.29) is 12.5 Å². The van der Waals surface area contributed by atoms with E-state index in [2.05, 4.69) is 10.2 Å². The van der Waals surface area contributed by atoms with Crippen LogP contribution in [0.1, 0.15) is 18.5 Å². The van der Waals surface area contributed by atoms with Gasteiger partial charge in [0.15, 0.2) is 0 Å². The Kier molecular flexibility index (Phi) is 7.37. The Morgan fingerprint density at radius 3 is 2.52 bits per heavy atom. The van der Waals surface area contributed by atoms with Gasteiger partial charge in [0.25, 0.3) is 0 Å². The van der Waals surface area contributed by atoms with Crippen LogP contribution in [0.5, 0.6) is 0 Å². The number of nitrogens with one attached hydrogen (secondary N) is 1. The predicted molar refractivity (Wildman–Crippen MR) is 96.7 cm³/mol. The Balaban J connectivity index is 1.89. The van der Waals surface area contributed by atoms with E-state index < -0.39 is 16.1 Å². The van der Waals surface area contributed by atoms with Crippen molar-refractivity contribution in [3.05, 3.63) is 35.9 Å². The zero-order valence-electron chi connectivity index (χ0n) is 14.8. The molecular weight excluding hydrogens is 342 g/mol. The van der Waals surface area contributed by atoms with Crippen LogP contribution in [-0.2, 0) is 19.6 Å². The normalized spacial score (nSPS) is 17.4. The van der Waals surface area contributed by atoms with E-state index in [1.165, 1.54) is 4.31 Å². The van der Waals surface area contributed by atoms with Crippen LogP contribution in [0.3, 0.4) is 0 Å². The number of ether oxygens (including phenoxy) is 1. The van der Waals surface area contributed by atoms with Crippen molar-refractivity contribution in [2.24, 2.45) is 0 Å². The molecule has 1 amide bonds. The highest BCUT2D eigenvalue weighted by molar-refractivity contribution is 7.88. The summed E-state index contributed by atoms with van der Waals surface area (Å²) in [6.45, 7) is 5.98. The second-order valence-electron chi connectivity index (χ2n) is 6.20.